The van der Waals surface area contributed by atoms with E-state index in [-0.39, 0.29) is 23.5 Å². The summed E-state index contributed by atoms with van der Waals surface area (Å²) in [5, 5.41) is 11.6. The molecule has 5 heteroatoms. The minimum Gasteiger partial charge on any atom is -0.545 e. The minimum absolute atomic E-state index is 0.0436. The first-order valence-corrected chi connectivity index (χ1v) is 12.1. The van der Waals surface area contributed by atoms with Crippen LogP contribution in [0.1, 0.15) is 103 Å². The van der Waals surface area contributed by atoms with Gasteiger partial charge < -0.3 is 9.90 Å². The maximum absolute atomic E-state index is 13.4. The van der Waals surface area contributed by atoms with Gasteiger partial charge in [-0.05, 0) is 38.0 Å². The Balaban J connectivity index is 2.12. The molecule has 0 aromatic heterocycles. The van der Waals surface area contributed by atoms with E-state index in [9.17, 15) is 19.5 Å². The van der Waals surface area contributed by atoms with Gasteiger partial charge in [-0.25, -0.2) is 4.90 Å². The van der Waals surface area contributed by atoms with E-state index >= 15 is 0 Å². The van der Waals surface area contributed by atoms with Gasteiger partial charge in [-0.15, -0.1) is 0 Å². The first-order chi connectivity index (χ1) is 15.9. The summed E-state index contributed by atoms with van der Waals surface area (Å²) >= 11 is 0. The van der Waals surface area contributed by atoms with Crippen molar-refractivity contribution in [3.8, 4) is 0 Å². The molecule has 0 aliphatic carbocycles. The van der Waals surface area contributed by atoms with Gasteiger partial charge in [0.05, 0.1) is 11.7 Å². The highest BCUT2D eigenvalue weighted by Gasteiger charge is 2.27. The van der Waals surface area contributed by atoms with Crippen LogP contribution < -0.4 is 10.0 Å². The standard InChI is InChI=1S/C28H37NO4/c1-4-5-6-7-8-9-10-11-12-17-26(30)29(25-19-18-21(2)20-22(25)3)27(31)23-15-13-14-16-24(23)28(32)33/h13-16,18-20H,4-12,17H2,1-3H3,(H,32,33)/p-1. The van der Waals surface area contributed by atoms with E-state index in [0.29, 0.717) is 12.1 Å². The SMILES string of the molecule is CCCCCCCCCCCC(=O)N(C(=O)c1ccccc1C(=O)[O-])c1ccc(C)cc1C. The molecule has 0 aliphatic heterocycles. The van der Waals surface area contributed by atoms with E-state index in [1.807, 2.05) is 26.0 Å². The lowest BCUT2D eigenvalue weighted by molar-refractivity contribution is -0.255. The van der Waals surface area contributed by atoms with Crippen molar-refractivity contribution in [1.29, 1.82) is 0 Å². The number of unbranched alkanes of at least 4 members (excludes halogenated alkanes) is 8. The van der Waals surface area contributed by atoms with Crippen LogP contribution in [0.25, 0.3) is 0 Å². The number of carbonyl (C=O) groups excluding carboxylic acids is 3. The molecule has 0 atom stereocenters. The number of hydrogen-bond acceptors (Lipinski definition) is 4. The maximum Gasteiger partial charge on any atom is 0.265 e. The van der Waals surface area contributed by atoms with E-state index in [4.69, 9.17) is 0 Å². The minimum atomic E-state index is -1.44. The number of aryl methyl sites for hydroxylation is 2. The second-order valence-corrected chi connectivity index (χ2v) is 8.74. The van der Waals surface area contributed by atoms with Crippen LogP contribution in [-0.2, 0) is 4.79 Å². The Hall–Kier alpha value is -2.95. The average molecular weight is 451 g/mol. The first kappa shape index (κ1) is 26.3. The number of aromatic carboxylic acids is 1. The Kier molecular flexibility index (Phi) is 10.8. The lowest BCUT2D eigenvalue weighted by atomic mass is 10.0. The van der Waals surface area contributed by atoms with Crippen molar-refractivity contribution in [3.05, 3.63) is 64.7 Å². The Morgan fingerprint density at radius 3 is 1.94 bits per heavy atom. The highest BCUT2D eigenvalue weighted by Crippen LogP contribution is 2.26. The number of carboxylic acids is 1. The van der Waals surface area contributed by atoms with Gasteiger partial charge in [0.15, 0.2) is 0 Å². The van der Waals surface area contributed by atoms with Crippen LogP contribution >= 0.6 is 0 Å². The Labute approximate surface area is 197 Å². The zero-order chi connectivity index (χ0) is 24.2. The van der Waals surface area contributed by atoms with Gasteiger partial charge in [0.25, 0.3) is 5.91 Å². The van der Waals surface area contributed by atoms with Crippen molar-refractivity contribution in [1.82, 2.24) is 0 Å². The highest BCUT2D eigenvalue weighted by molar-refractivity contribution is 6.23. The summed E-state index contributed by atoms with van der Waals surface area (Å²) in [5.41, 5.74) is 2.03. The molecule has 2 amide bonds. The molecule has 0 bridgehead atoms. The van der Waals surface area contributed by atoms with Crippen LogP contribution in [0.4, 0.5) is 5.69 Å². The van der Waals surface area contributed by atoms with Crippen LogP contribution in [0.15, 0.2) is 42.5 Å². The summed E-state index contributed by atoms with van der Waals surface area (Å²) in [6, 6.07) is 11.4. The van der Waals surface area contributed by atoms with Crippen molar-refractivity contribution < 1.29 is 19.5 Å². The third-order valence-electron chi connectivity index (χ3n) is 5.92. The Morgan fingerprint density at radius 2 is 1.36 bits per heavy atom. The summed E-state index contributed by atoms with van der Waals surface area (Å²) < 4.78 is 0. The van der Waals surface area contributed by atoms with Crippen LogP contribution in [0.5, 0.6) is 0 Å². The number of carbonyl (C=O) groups is 3. The van der Waals surface area contributed by atoms with E-state index in [1.54, 1.807) is 12.1 Å². The molecule has 0 heterocycles. The van der Waals surface area contributed by atoms with E-state index in [1.165, 1.54) is 50.3 Å². The number of nitrogens with zero attached hydrogens (tertiary/aromatic N) is 1. The van der Waals surface area contributed by atoms with E-state index in [0.717, 1.165) is 35.3 Å². The van der Waals surface area contributed by atoms with Crippen LogP contribution in [0, 0.1) is 13.8 Å². The van der Waals surface area contributed by atoms with Crippen molar-refractivity contribution in [2.45, 2.75) is 85.0 Å². The summed E-state index contributed by atoms with van der Waals surface area (Å²) in [7, 11) is 0. The smallest absolute Gasteiger partial charge is 0.265 e. The van der Waals surface area contributed by atoms with Crippen molar-refractivity contribution in [2.24, 2.45) is 0 Å². The number of anilines is 1. The molecule has 178 valence electrons. The highest BCUT2D eigenvalue weighted by atomic mass is 16.4. The zero-order valence-corrected chi connectivity index (χ0v) is 20.2. The van der Waals surface area contributed by atoms with Gasteiger partial charge in [-0.3, -0.25) is 9.59 Å². The number of benzene rings is 2. The van der Waals surface area contributed by atoms with Crippen LogP contribution in [0.3, 0.4) is 0 Å². The van der Waals surface area contributed by atoms with Crippen molar-refractivity contribution in [2.75, 3.05) is 4.90 Å². The predicted octanol–water partition coefficient (Wildman–Crippen LogP) is 5.76. The van der Waals surface area contributed by atoms with Gasteiger partial charge in [0, 0.05) is 17.5 Å². The normalized spacial score (nSPS) is 10.8. The molecule has 0 fully saturated rings. The number of hydrogen-bond donors (Lipinski definition) is 0. The van der Waals surface area contributed by atoms with E-state index in [2.05, 4.69) is 6.92 Å². The molecule has 0 saturated heterocycles. The molecular weight excluding hydrogens is 414 g/mol. The molecule has 33 heavy (non-hydrogen) atoms. The van der Waals surface area contributed by atoms with Crippen LogP contribution in [0.2, 0.25) is 0 Å². The molecule has 2 aromatic rings. The number of imide groups is 1. The van der Waals surface area contributed by atoms with Gasteiger partial charge in [-0.1, -0.05) is 94.2 Å². The van der Waals surface area contributed by atoms with Crippen molar-refractivity contribution >= 4 is 23.5 Å². The topological polar surface area (TPSA) is 77.5 Å². The third-order valence-corrected chi connectivity index (χ3v) is 5.92. The van der Waals surface area contributed by atoms with Crippen molar-refractivity contribution in [3.63, 3.8) is 0 Å². The second kappa shape index (κ2) is 13.6. The Morgan fingerprint density at radius 1 is 0.788 bits per heavy atom. The maximum atomic E-state index is 13.4. The summed E-state index contributed by atoms with van der Waals surface area (Å²) in [5.74, 6) is -2.39. The summed E-state index contributed by atoms with van der Waals surface area (Å²) in [6.45, 7) is 6.00. The van der Waals surface area contributed by atoms with Gasteiger partial charge in [-0.2, -0.15) is 0 Å². The van der Waals surface area contributed by atoms with E-state index < -0.39 is 11.9 Å². The van der Waals surface area contributed by atoms with Gasteiger partial charge in [0.2, 0.25) is 5.91 Å². The largest absolute Gasteiger partial charge is 0.545 e. The average Bonchev–Trinajstić information content (AvgIpc) is 2.79. The zero-order valence-electron chi connectivity index (χ0n) is 20.2. The molecule has 0 unspecified atom stereocenters. The summed E-state index contributed by atoms with van der Waals surface area (Å²) in [6.07, 6.45) is 10.4. The number of rotatable bonds is 13. The third kappa shape index (κ3) is 7.85. The molecule has 0 spiro atoms. The lowest BCUT2D eigenvalue weighted by Crippen LogP contribution is -2.39. The molecule has 0 aliphatic rings. The molecular formula is C28H36NO4-. The predicted molar refractivity (Wildman–Crippen MR) is 130 cm³/mol. The molecule has 2 aromatic carbocycles. The first-order valence-electron chi connectivity index (χ1n) is 12.1. The fraction of sp³-hybridized carbons (Fsp3) is 0.464. The van der Waals surface area contributed by atoms with Gasteiger partial charge >= 0.3 is 0 Å². The second-order valence-electron chi connectivity index (χ2n) is 8.74. The molecule has 5 nitrogen and oxygen atoms in total. The quantitative estimate of drug-likeness (QED) is 0.363. The monoisotopic (exact) mass is 450 g/mol. The van der Waals surface area contributed by atoms with Crippen LogP contribution in [-0.4, -0.2) is 17.8 Å². The molecule has 0 saturated carbocycles. The molecule has 0 N–H and O–H groups in total. The lowest BCUT2D eigenvalue weighted by Gasteiger charge is -2.24. The number of carboxylic acid groups (broad SMARTS) is 1. The molecule has 2 rings (SSSR count). The van der Waals surface area contributed by atoms with Gasteiger partial charge in [0.1, 0.15) is 0 Å². The fourth-order valence-corrected chi connectivity index (χ4v) is 4.08. The summed E-state index contributed by atoms with van der Waals surface area (Å²) in [4.78, 5) is 39.3. The number of amides is 2. The fourth-order valence-electron chi connectivity index (χ4n) is 4.08. The Bertz CT molecular complexity index is 951. The molecule has 0 radical (unpaired) electrons.